The number of hydrogen-bond acceptors (Lipinski definition) is 2. The quantitative estimate of drug-likeness (QED) is 0.882. The highest BCUT2D eigenvalue weighted by Gasteiger charge is 2.20. The van der Waals surface area contributed by atoms with E-state index in [9.17, 15) is 0 Å². The zero-order valence-electron chi connectivity index (χ0n) is 12.2. The molecule has 0 aromatic heterocycles. The van der Waals surface area contributed by atoms with Crippen LogP contribution in [0.3, 0.4) is 0 Å². The summed E-state index contributed by atoms with van der Waals surface area (Å²) in [7, 11) is 2.06. The summed E-state index contributed by atoms with van der Waals surface area (Å²) in [5.74, 6) is 0. The van der Waals surface area contributed by atoms with Gasteiger partial charge in [0.25, 0.3) is 0 Å². The Morgan fingerprint density at radius 1 is 1.22 bits per heavy atom. The van der Waals surface area contributed by atoms with Crippen LogP contribution < -0.4 is 5.32 Å². The fraction of sp³-hybridized carbons (Fsp3) is 0.625. The average molecular weight is 246 g/mol. The predicted molar refractivity (Wildman–Crippen MR) is 77.9 cm³/mol. The lowest BCUT2D eigenvalue weighted by Gasteiger charge is -2.20. The fourth-order valence-electron chi connectivity index (χ4n) is 2.58. The second-order valence-electron chi connectivity index (χ2n) is 6.46. The number of hydrogen-bond donors (Lipinski definition) is 1. The Labute approximate surface area is 111 Å². The third-order valence-corrected chi connectivity index (χ3v) is 3.91. The SMILES string of the molecule is CNC1CCN(Cc2ccc(C(C)(C)C)cc2)C1. The number of nitrogens with zero attached hydrogens (tertiary/aromatic N) is 1. The molecule has 1 atom stereocenters. The molecule has 1 aromatic carbocycles. The van der Waals surface area contributed by atoms with Crippen molar-refractivity contribution in [3.05, 3.63) is 35.4 Å². The first-order chi connectivity index (χ1) is 8.49. The molecule has 1 N–H and O–H groups in total. The van der Waals surface area contributed by atoms with Crippen LogP contribution in [0, 0.1) is 0 Å². The summed E-state index contributed by atoms with van der Waals surface area (Å²) in [5.41, 5.74) is 3.10. The van der Waals surface area contributed by atoms with Crippen LogP contribution in [0.15, 0.2) is 24.3 Å². The van der Waals surface area contributed by atoms with Gasteiger partial charge < -0.3 is 5.32 Å². The molecule has 0 aliphatic carbocycles. The molecular weight excluding hydrogens is 220 g/mol. The van der Waals surface area contributed by atoms with E-state index in [4.69, 9.17) is 0 Å². The van der Waals surface area contributed by atoms with Crippen LogP contribution in [0.2, 0.25) is 0 Å². The topological polar surface area (TPSA) is 15.3 Å². The highest BCUT2D eigenvalue weighted by molar-refractivity contribution is 5.27. The molecule has 0 spiro atoms. The highest BCUT2D eigenvalue weighted by Crippen LogP contribution is 2.23. The normalized spacial score (nSPS) is 21.4. The van der Waals surface area contributed by atoms with Gasteiger partial charge in [-0.05, 0) is 30.0 Å². The van der Waals surface area contributed by atoms with E-state index < -0.39 is 0 Å². The molecule has 0 radical (unpaired) electrons. The van der Waals surface area contributed by atoms with Gasteiger partial charge in [-0.15, -0.1) is 0 Å². The second kappa shape index (κ2) is 5.41. The highest BCUT2D eigenvalue weighted by atomic mass is 15.2. The lowest BCUT2D eigenvalue weighted by Crippen LogP contribution is -2.29. The van der Waals surface area contributed by atoms with Gasteiger partial charge in [0.15, 0.2) is 0 Å². The van der Waals surface area contributed by atoms with Gasteiger partial charge in [-0.2, -0.15) is 0 Å². The van der Waals surface area contributed by atoms with Crippen LogP contribution in [0.4, 0.5) is 0 Å². The molecule has 100 valence electrons. The van der Waals surface area contributed by atoms with Crippen molar-refractivity contribution in [3.8, 4) is 0 Å². The van der Waals surface area contributed by atoms with Crippen molar-refractivity contribution in [1.82, 2.24) is 10.2 Å². The third-order valence-electron chi connectivity index (χ3n) is 3.91. The van der Waals surface area contributed by atoms with E-state index in [1.165, 1.54) is 30.6 Å². The average Bonchev–Trinajstić information content (AvgIpc) is 2.76. The Morgan fingerprint density at radius 3 is 2.39 bits per heavy atom. The van der Waals surface area contributed by atoms with Gasteiger partial charge in [0.2, 0.25) is 0 Å². The molecule has 1 aromatic rings. The van der Waals surface area contributed by atoms with E-state index in [0.29, 0.717) is 6.04 Å². The summed E-state index contributed by atoms with van der Waals surface area (Å²) in [5, 5.41) is 3.37. The maximum Gasteiger partial charge on any atom is 0.0234 e. The van der Waals surface area contributed by atoms with Gasteiger partial charge in [-0.3, -0.25) is 4.90 Å². The van der Waals surface area contributed by atoms with Crippen molar-refractivity contribution in [2.45, 2.75) is 45.2 Å². The van der Waals surface area contributed by atoms with Crippen LogP contribution in [-0.2, 0) is 12.0 Å². The summed E-state index contributed by atoms with van der Waals surface area (Å²) >= 11 is 0. The third kappa shape index (κ3) is 3.33. The Bertz CT molecular complexity index is 375. The number of rotatable bonds is 3. The Kier molecular flexibility index (Phi) is 4.08. The molecule has 1 aliphatic rings. The molecule has 1 aliphatic heterocycles. The largest absolute Gasteiger partial charge is 0.316 e. The fourth-order valence-corrected chi connectivity index (χ4v) is 2.58. The van der Waals surface area contributed by atoms with E-state index >= 15 is 0 Å². The zero-order chi connectivity index (χ0) is 13.2. The molecule has 0 amide bonds. The minimum atomic E-state index is 0.253. The number of nitrogens with one attached hydrogen (secondary N) is 1. The first-order valence-corrected chi connectivity index (χ1v) is 6.98. The predicted octanol–water partition coefficient (Wildman–Crippen LogP) is 2.78. The summed E-state index contributed by atoms with van der Waals surface area (Å²) < 4.78 is 0. The maximum absolute atomic E-state index is 3.37. The summed E-state index contributed by atoms with van der Waals surface area (Å²) in [6.45, 7) is 10.3. The molecule has 2 rings (SSSR count). The summed E-state index contributed by atoms with van der Waals surface area (Å²) in [6, 6.07) is 9.81. The van der Waals surface area contributed by atoms with E-state index in [-0.39, 0.29) is 5.41 Å². The van der Waals surface area contributed by atoms with Crippen molar-refractivity contribution in [2.75, 3.05) is 20.1 Å². The minimum Gasteiger partial charge on any atom is -0.316 e. The van der Waals surface area contributed by atoms with Crippen molar-refractivity contribution in [1.29, 1.82) is 0 Å². The Morgan fingerprint density at radius 2 is 1.89 bits per heavy atom. The van der Waals surface area contributed by atoms with E-state index in [1.54, 1.807) is 0 Å². The van der Waals surface area contributed by atoms with Crippen molar-refractivity contribution in [3.63, 3.8) is 0 Å². The van der Waals surface area contributed by atoms with Crippen LogP contribution >= 0.6 is 0 Å². The molecule has 2 nitrogen and oxygen atoms in total. The molecule has 0 bridgehead atoms. The zero-order valence-corrected chi connectivity index (χ0v) is 12.2. The van der Waals surface area contributed by atoms with Crippen molar-refractivity contribution in [2.24, 2.45) is 0 Å². The molecular formula is C16H26N2. The van der Waals surface area contributed by atoms with Gasteiger partial charge in [0, 0.05) is 25.7 Å². The van der Waals surface area contributed by atoms with Crippen LogP contribution in [0.25, 0.3) is 0 Å². The second-order valence-corrected chi connectivity index (χ2v) is 6.46. The lowest BCUT2D eigenvalue weighted by atomic mass is 9.87. The van der Waals surface area contributed by atoms with Crippen molar-refractivity contribution < 1.29 is 0 Å². The molecule has 1 heterocycles. The van der Waals surface area contributed by atoms with Crippen molar-refractivity contribution >= 4 is 0 Å². The monoisotopic (exact) mass is 246 g/mol. The van der Waals surface area contributed by atoms with Gasteiger partial charge in [0.1, 0.15) is 0 Å². The smallest absolute Gasteiger partial charge is 0.0234 e. The van der Waals surface area contributed by atoms with Gasteiger partial charge in [-0.1, -0.05) is 45.0 Å². The molecule has 1 fully saturated rings. The summed E-state index contributed by atoms with van der Waals surface area (Å²) in [4.78, 5) is 2.53. The Balaban J connectivity index is 1.95. The van der Waals surface area contributed by atoms with E-state index in [1.807, 2.05) is 0 Å². The summed E-state index contributed by atoms with van der Waals surface area (Å²) in [6.07, 6.45) is 1.27. The molecule has 18 heavy (non-hydrogen) atoms. The van der Waals surface area contributed by atoms with E-state index in [2.05, 4.69) is 62.3 Å². The minimum absolute atomic E-state index is 0.253. The number of benzene rings is 1. The lowest BCUT2D eigenvalue weighted by molar-refractivity contribution is 0.322. The first kappa shape index (κ1) is 13.6. The van der Waals surface area contributed by atoms with Gasteiger partial charge in [-0.25, -0.2) is 0 Å². The van der Waals surface area contributed by atoms with E-state index in [0.717, 1.165) is 6.54 Å². The van der Waals surface area contributed by atoms with Crippen LogP contribution in [0.5, 0.6) is 0 Å². The van der Waals surface area contributed by atoms with Gasteiger partial charge >= 0.3 is 0 Å². The maximum atomic E-state index is 3.37. The van der Waals surface area contributed by atoms with Crippen LogP contribution in [-0.4, -0.2) is 31.1 Å². The number of likely N-dealkylation sites (tertiary alicyclic amines) is 1. The first-order valence-electron chi connectivity index (χ1n) is 6.98. The molecule has 2 heteroatoms. The molecule has 0 saturated carbocycles. The molecule has 1 unspecified atom stereocenters. The van der Waals surface area contributed by atoms with Gasteiger partial charge in [0.05, 0.1) is 0 Å². The number of likely N-dealkylation sites (N-methyl/N-ethyl adjacent to an activating group) is 1. The standard InChI is InChI=1S/C16H26N2/c1-16(2,3)14-7-5-13(6-8-14)11-18-10-9-15(12-18)17-4/h5-8,15,17H,9-12H2,1-4H3. The van der Waals surface area contributed by atoms with Crippen LogP contribution in [0.1, 0.15) is 38.3 Å². The Hall–Kier alpha value is -0.860. The molecule has 1 saturated heterocycles.